The predicted molar refractivity (Wildman–Crippen MR) is 257 cm³/mol. The first-order valence-corrected chi connectivity index (χ1v) is 23.8. The second-order valence-corrected chi connectivity index (χ2v) is 17.8. The molecule has 0 spiro atoms. The summed E-state index contributed by atoms with van der Waals surface area (Å²) in [7, 11) is 0. The van der Waals surface area contributed by atoms with E-state index >= 15 is 0 Å². The van der Waals surface area contributed by atoms with Gasteiger partial charge in [-0.2, -0.15) is 0 Å². The van der Waals surface area contributed by atoms with Crippen LogP contribution in [0.2, 0.25) is 0 Å². The number of non-ortho nitro benzene ring substituents is 2. The summed E-state index contributed by atoms with van der Waals surface area (Å²) >= 11 is 0. The Kier molecular flexibility index (Phi) is 18.7. The van der Waals surface area contributed by atoms with Crippen LogP contribution in [0.15, 0.2) is 97.1 Å². The SMILES string of the molecule is CCCCC1CCC(C(=O)Oc2ccc(/C=C/C(=O)OCc3cc([N+](=O)[O-])ccc3-c3ccc([N+](=O)[O-])cc3COC(=O)/C=C/c3ccc(OC(=O)C4CCC(CCCC)CC4)cc3)cc2)CC1. The number of carbonyl (C=O) groups excluding carboxylic acids is 4. The van der Waals surface area contributed by atoms with Gasteiger partial charge in [-0.3, -0.25) is 29.8 Å². The highest BCUT2D eigenvalue weighted by atomic mass is 16.6. The van der Waals surface area contributed by atoms with E-state index < -0.39 is 35.0 Å². The van der Waals surface area contributed by atoms with E-state index in [1.165, 1.54) is 99.2 Å². The number of unbranched alkanes of at least 4 members (excludes halogenated alkanes) is 2. The Hall–Kier alpha value is -6.96. The molecule has 0 aromatic heterocycles. The number of rotatable bonds is 21. The molecular weight excluding hydrogens is 869 g/mol. The van der Waals surface area contributed by atoms with Crippen molar-refractivity contribution in [1.29, 1.82) is 0 Å². The first kappa shape index (κ1) is 50.5. The Bertz CT molecular complexity index is 2270. The molecule has 2 aliphatic rings. The van der Waals surface area contributed by atoms with Crippen molar-refractivity contribution in [3.8, 4) is 22.6 Å². The minimum absolute atomic E-state index is 0.113. The third-order valence-corrected chi connectivity index (χ3v) is 12.9. The Morgan fingerprint density at radius 3 is 1.25 bits per heavy atom. The third-order valence-electron chi connectivity index (χ3n) is 12.9. The summed E-state index contributed by atoms with van der Waals surface area (Å²) in [6.07, 6.45) is 20.1. The van der Waals surface area contributed by atoms with Crippen LogP contribution in [0.4, 0.5) is 11.4 Å². The van der Waals surface area contributed by atoms with Crippen LogP contribution in [0.25, 0.3) is 23.3 Å². The van der Waals surface area contributed by atoms with E-state index in [1.54, 1.807) is 48.5 Å². The smallest absolute Gasteiger partial charge is 0.331 e. The van der Waals surface area contributed by atoms with E-state index in [2.05, 4.69) is 13.8 Å². The maximum absolute atomic E-state index is 12.9. The van der Waals surface area contributed by atoms with Crippen LogP contribution in [0.5, 0.6) is 11.5 Å². The summed E-state index contributed by atoms with van der Waals surface area (Å²) in [6, 6.07) is 21.3. The summed E-state index contributed by atoms with van der Waals surface area (Å²) in [5.74, 6) is -0.00773. The zero-order chi connectivity index (χ0) is 48.4. The summed E-state index contributed by atoms with van der Waals surface area (Å²) < 4.78 is 22.3. The van der Waals surface area contributed by atoms with E-state index in [9.17, 15) is 39.4 Å². The Labute approximate surface area is 397 Å². The van der Waals surface area contributed by atoms with Gasteiger partial charge in [0.2, 0.25) is 0 Å². The van der Waals surface area contributed by atoms with Crippen LogP contribution in [0, 0.1) is 43.9 Å². The van der Waals surface area contributed by atoms with Gasteiger partial charge in [0.1, 0.15) is 24.7 Å². The molecule has 2 aliphatic carbocycles. The fraction of sp³-hybridized carbons (Fsp3) is 0.407. The lowest BCUT2D eigenvalue weighted by atomic mass is 9.80. The van der Waals surface area contributed by atoms with Crippen LogP contribution in [-0.4, -0.2) is 33.7 Å². The van der Waals surface area contributed by atoms with Crippen molar-refractivity contribution in [2.45, 2.75) is 117 Å². The summed E-state index contributed by atoms with van der Waals surface area (Å²) in [6.45, 7) is 3.58. The molecule has 0 saturated heterocycles. The number of ether oxygens (including phenoxy) is 4. The van der Waals surface area contributed by atoms with Crippen molar-refractivity contribution in [2.75, 3.05) is 0 Å². The van der Waals surface area contributed by atoms with Crippen LogP contribution in [0.1, 0.15) is 126 Å². The normalized spacial score (nSPS) is 18.2. The highest BCUT2D eigenvalue weighted by Crippen LogP contribution is 2.36. The highest BCUT2D eigenvalue weighted by molar-refractivity contribution is 5.88. The molecule has 6 rings (SSSR count). The van der Waals surface area contributed by atoms with Gasteiger partial charge in [-0.25, -0.2) is 9.59 Å². The Morgan fingerprint density at radius 2 is 0.912 bits per heavy atom. The first-order valence-electron chi connectivity index (χ1n) is 23.8. The predicted octanol–water partition coefficient (Wildman–Crippen LogP) is 12.5. The van der Waals surface area contributed by atoms with Crippen molar-refractivity contribution < 1.29 is 48.0 Å². The van der Waals surface area contributed by atoms with Gasteiger partial charge in [-0.05, 0) is 134 Å². The molecule has 0 aliphatic heterocycles. The Morgan fingerprint density at radius 1 is 0.544 bits per heavy atom. The van der Waals surface area contributed by atoms with Crippen LogP contribution >= 0.6 is 0 Å². The number of carbonyl (C=O) groups is 4. The average Bonchev–Trinajstić information content (AvgIpc) is 3.35. The van der Waals surface area contributed by atoms with Crippen molar-refractivity contribution in [3.63, 3.8) is 0 Å². The molecule has 14 heteroatoms. The molecule has 4 aromatic carbocycles. The molecule has 0 radical (unpaired) electrons. The van der Waals surface area contributed by atoms with Gasteiger partial charge < -0.3 is 18.9 Å². The fourth-order valence-electron chi connectivity index (χ4n) is 8.93. The third kappa shape index (κ3) is 15.0. The zero-order valence-electron chi connectivity index (χ0n) is 38.8. The number of nitro groups is 2. The topological polar surface area (TPSA) is 191 Å². The van der Waals surface area contributed by atoms with E-state index in [0.29, 0.717) is 45.6 Å². The lowest BCUT2D eigenvalue weighted by Crippen LogP contribution is -2.25. The number of hydrogen-bond acceptors (Lipinski definition) is 12. The number of benzene rings is 4. The first-order chi connectivity index (χ1) is 32.9. The van der Waals surface area contributed by atoms with Crippen LogP contribution < -0.4 is 9.47 Å². The fourth-order valence-corrected chi connectivity index (χ4v) is 8.93. The number of esters is 4. The number of nitrogens with zero attached hydrogens (tertiary/aromatic N) is 2. The highest BCUT2D eigenvalue weighted by Gasteiger charge is 2.29. The van der Waals surface area contributed by atoms with Crippen molar-refractivity contribution in [2.24, 2.45) is 23.7 Å². The molecule has 2 fully saturated rings. The maximum Gasteiger partial charge on any atom is 0.331 e. The molecule has 0 unspecified atom stereocenters. The minimum atomic E-state index is -0.747. The largest absolute Gasteiger partial charge is 0.458 e. The summed E-state index contributed by atoms with van der Waals surface area (Å²) in [5.41, 5.74) is 1.89. The van der Waals surface area contributed by atoms with Gasteiger partial charge in [0.15, 0.2) is 0 Å². The van der Waals surface area contributed by atoms with E-state index in [4.69, 9.17) is 18.9 Å². The zero-order valence-corrected chi connectivity index (χ0v) is 38.8. The number of hydrogen-bond donors (Lipinski definition) is 0. The van der Waals surface area contributed by atoms with Gasteiger partial charge >= 0.3 is 23.9 Å². The molecule has 14 nitrogen and oxygen atoms in total. The molecule has 68 heavy (non-hydrogen) atoms. The monoisotopic (exact) mass is 928 g/mol. The molecule has 2 saturated carbocycles. The van der Waals surface area contributed by atoms with E-state index in [1.807, 2.05) is 0 Å². The van der Waals surface area contributed by atoms with Gasteiger partial charge in [0.05, 0.1) is 21.7 Å². The Balaban J connectivity index is 1.05. The van der Waals surface area contributed by atoms with Crippen LogP contribution in [-0.2, 0) is 41.9 Å². The lowest BCUT2D eigenvalue weighted by molar-refractivity contribution is -0.385. The molecule has 0 amide bonds. The van der Waals surface area contributed by atoms with Crippen molar-refractivity contribution in [3.05, 3.63) is 140 Å². The van der Waals surface area contributed by atoms with Gasteiger partial charge in [-0.1, -0.05) is 76.6 Å². The molecule has 0 N–H and O–H groups in total. The number of nitro benzene ring substituents is 2. The van der Waals surface area contributed by atoms with Crippen molar-refractivity contribution in [1.82, 2.24) is 0 Å². The van der Waals surface area contributed by atoms with Gasteiger partial charge in [0.25, 0.3) is 11.4 Å². The van der Waals surface area contributed by atoms with E-state index in [-0.39, 0.29) is 46.3 Å². The van der Waals surface area contributed by atoms with Crippen molar-refractivity contribution >= 4 is 47.4 Å². The average molecular weight is 929 g/mol. The lowest BCUT2D eigenvalue weighted by Gasteiger charge is -2.27. The summed E-state index contributed by atoms with van der Waals surface area (Å²) in [4.78, 5) is 73.9. The maximum atomic E-state index is 12.9. The van der Waals surface area contributed by atoms with E-state index in [0.717, 1.165) is 51.4 Å². The molecule has 0 bridgehead atoms. The summed E-state index contributed by atoms with van der Waals surface area (Å²) in [5, 5.41) is 23.6. The quantitative estimate of drug-likeness (QED) is 0.0253. The van der Waals surface area contributed by atoms with Gasteiger partial charge in [-0.15, -0.1) is 0 Å². The molecule has 0 heterocycles. The molecular formula is C54H60N2O12. The molecule has 0 atom stereocenters. The molecule has 358 valence electrons. The van der Waals surface area contributed by atoms with Crippen LogP contribution in [0.3, 0.4) is 0 Å². The van der Waals surface area contributed by atoms with Gasteiger partial charge in [0, 0.05) is 47.5 Å². The second-order valence-electron chi connectivity index (χ2n) is 17.8. The second kappa shape index (κ2) is 25.3. The minimum Gasteiger partial charge on any atom is -0.458 e. The molecule has 4 aromatic rings. The standard InChI is InChI=1S/C54H60N2O12/c1-3-5-7-37-9-19-41(20-10-37)53(59)67-47-25-13-39(14-26-47)17-31-51(57)65-35-43-33-45(55(61)62)23-29-49(43)50-30-24-46(56(63)64)34-44(50)36-66-52(58)32-18-40-15-27-48(28-16-40)68-54(60)42-21-11-38(12-22-42)8-6-4-2/h13-18,23-34,37-38,41-42H,3-12,19-22,35-36H2,1-2H3/b31-17+,32-18+.